The molecule has 11 atom stereocenters. The Hall–Kier alpha value is -0.570. The van der Waals surface area contributed by atoms with E-state index < -0.39 is 0 Å². The minimum atomic E-state index is -0.0981. The zero-order valence-corrected chi connectivity index (χ0v) is 21.6. The Bertz CT molecular complexity index is 717. The molecule has 182 valence electrons. The number of rotatable bonds is 4. The predicted molar refractivity (Wildman–Crippen MR) is 128 cm³/mol. The third kappa shape index (κ3) is 3.59. The number of fused-ring (bicyclic) bond motifs is 7. The van der Waals surface area contributed by atoms with Crippen LogP contribution in [0.5, 0.6) is 0 Å². The Labute approximate surface area is 196 Å². The minimum Gasteiger partial charge on any atom is -0.463 e. The van der Waals surface area contributed by atoms with Crippen LogP contribution in [0.25, 0.3) is 0 Å². The monoisotopic (exact) mass is 444 g/mol. The molecule has 1 aliphatic heterocycles. The molecule has 0 aromatic carbocycles. The van der Waals surface area contributed by atoms with Gasteiger partial charge in [-0.3, -0.25) is 4.79 Å². The highest BCUT2D eigenvalue weighted by atomic mass is 16.5. The van der Waals surface area contributed by atoms with Gasteiger partial charge in [0.2, 0.25) is 0 Å². The summed E-state index contributed by atoms with van der Waals surface area (Å²) in [7, 11) is 0. The molecule has 0 bridgehead atoms. The molecule has 1 saturated heterocycles. The van der Waals surface area contributed by atoms with Gasteiger partial charge in [-0.2, -0.15) is 0 Å². The quantitative estimate of drug-likeness (QED) is 0.437. The van der Waals surface area contributed by atoms with Gasteiger partial charge in [-0.15, -0.1) is 0 Å². The number of ether oxygens (including phenoxy) is 2. The van der Waals surface area contributed by atoms with Gasteiger partial charge < -0.3 is 9.47 Å². The van der Waals surface area contributed by atoms with Gasteiger partial charge in [0.15, 0.2) is 0 Å². The van der Waals surface area contributed by atoms with Gasteiger partial charge in [0, 0.05) is 6.92 Å². The van der Waals surface area contributed by atoms with E-state index >= 15 is 0 Å². The van der Waals surface area contributed by atoms with Crippen LogP contribution >= 0.6 is 0 Å². The number of hydrogen-bond donors (Lipinski definition) is 0. The van der Waals surface area contributed by atoms with Crippen LogP contribution in [0.4, 0.5) is 0 Å². The van der Waals surface area contributed by atoms with E-state index in [1.807, 2.05) is 0 Å². The largest absolute Gasteiger partial charge is 0.463 e. The van der Waals surface area contributed by atoms with Crippen LogP contribution in [0.2, 0.25) is 0 Å². The molecule has 2 unspecified atom stereocenters. The smallest absolute Gasteiger partial charge is 0.302 e. The average Bonchev–Trinajstić information content (AvgIpc) is 3.20. The summed E-state index contributed by atoms with van der Waals surface area (Å²) >= 11 is 0. The summed E-state index contributed by atoms with van der Waals surface area (Å²) in [6.07, 6.45) is 14.0. The van der Waals surface area contributed by atoms with Crippen molar-refractivity contribution in [2.24, 2.45) is 52.3 Å². The van der Waals surface area contributed by atoms with Crippen molar-refractivity contribution in [3.8, 4) is 0 Å². The van der Waals surface area contributed by atoms with Crippen LogP contribution in [-0.4, -0.2) is 24.3 Å². The molecule has 4 aliphatic carbocycles. The van der Waals surface area contributed by atoms with Gasteiger partial charge in [0.1, 0.15) is 6.10 Å². The topological polar surface area (TPSA) is 35.5 Å². The second-order valence-electron chi connectivity index (χ2n) is 13.5. The maximum Gasteiger partial charge on any atom is 0.302 e. The maximum absolute atomic E-state index is 11.5. The van der Waals surface area contributed by atoms with E-state index in [-0.39, 0.29) is 12.1 Å². The normalized spacial score (nSPS) is 52.2. The summed E-state index contributed by atoms with van der Waals surface area (Å²) in [4.78, 5) is 11.5. The molecular weight excluding hydrogens is 396 g/mol. The fourth-order valence-corrected chi connectivity index (χ4v) is 10.1. The fraction of sp³-hybridized carbons (Fsp3) is 0.966. The highest BCUT2D eigenvalue weighted by molar-refractivity contribution is 5.66. The zero-order valence-electron chi connectivity index (χ0n) is 21.6. The lowest BCUT2D eigenvalue weighted by atomic mass is 9.44. The standard InChI is InChI=1S/C29H48O3/c1-17(2)7-10-25-18(3)27-26(32-25)16-24-22-9-8-20-15-21(31-19(4)30)11-13-28(20,5)23(22)12-14-29(24,27)6/h17-18,20-27H,7-16H2,1-6H3/t18-,20-,21+,22-,23+,24+,25?,26?,27+,28+,29+/m1/s1. The Balaban J connectivity index is 1.30. The molecule has 0 aromatic heterocycles. The second-order valence-corrected chi connectivity index (χ2v) is 13.5. The maximum atomic E-state index is 11.5. The van der Waals surface area contributed by atoms with Crippen molar-refractivity contribution in [2.75, 3.05) is 0 Å². The molecular formula is C29H48O3. The van der Waals surface area contributed by atoms with E-state index in [9.17, 15) is 4.79 Å². The van der Waals surface area contributed by atoms with E-state index in [1.54, 1.807) is 6.92 Å². The van der Waals surface area contributed by atoms with Gasteiger partial charge in [0.25, 0.3) is 0 Å². The van der Waals surface area contributed by atoms with E-state index in [0.717, 1.165) is 54.3 Å². The van der Waals surface area contributed by atoms with Crippen molar-refractivity contribution in [3.63, 3.8) is 0 Å². The third-order valence-electron chi connectivity index (χ3n) is 11.6. The van der Waals surface area contributed by atoms with Crippen molar-refractivity contribution in [1.82, 2.24) is 0 Å². The van der Waals surface area contributed by atoms with Gasteiger partial charge >= 0.3 is 5.97 Å². The summed E-state index contributed by atoms with van der Waals surface area (Å²) in [5.74, 6) is 5.51. The molecule has 5 rings (SSSR count). The molecule has 0 aromatic rings. The van der Waals surface area contributed by atoms with E-state index in [0.29, 0.717) is 23.0 Å². The Kier molecular flexibility index (Phi) is 6.00. The van der Waals surface area contributed by atoms with Crippen LogP contribution in [0.15, 0.2) is 0 Å². The van der Waals surface area contributed by atoms with Crippen LogP contribution in [0.3, 0.4) is 0 Å². The van der Waals surface area contributed by atoms with Crippen molar-refractivity contribution in [3.05, 3.63) is 0 Å². The Morgan fingerprint density at radius 3 is 2.50 bits per heavy atom. The van der Waals surface area contributed by atoms with Crippen molar-refractivity contribution in [1.29, 1.82) is 0 Å². The van der Waals surface area contributed by atoms with E-state index in [2.05, 4.69) is 34.6 Å². The van der Waals surface area contributed by atoms with Gasteiger partial charge in [0.05, 0.1) is 12.2 Å². The van der Waals surface area contributed by atoms with Crippen LogP contribution < -0.4 is 0 Å². The first kappa shape index (κ1) is 23.2. The molecule has 0 radical (unpaired) electrons. The predicted octanol–water partition coefficient (Wildman–Crippen LogP) is 7.03. The van der Waals surface area contributed by atoms with E-state index in [1.165, 1.54) is 51.4 Å². The minimum absolute atomic E-state index is 0.0981. The average molecular weight is 445 g/mol. The van der Waals surface area contributed by atoms with Gasteiger partial charge in [-0.05, 0) is 116 Å². The van der Waals surface area contributed by atoms with Crippen molar-refractivity contribution in [2.45, 2.75) is 124 Å². The van der Waals surface area contributed by atoms with E-state index in [4.69, 9.17) is 9.47 Å². The SMILES string of the molecule is CC(=O)O[C@H]1CC[C@@]2(C)[C@H](CC[C@@H]3[C@@H]2CC[C@]2(C)[C@@H]4C(C[C@@H]32)OC(CCC(C)C)[C@H]4C)C1. The fourth-order valence-electron chi connectivity index (χ4n) is 10.1. The number of carbonyl (C=O) groups is 1. The molecule has 5 fully saturated rings. The first-order chi connectivity index (χ1) is 15.1. The summed E-state index contributed by atoms with van der Waals surface area (Å²) in [5.41, 5.74) is 0.931. The molecule has 3 heteroatoms. The lowest BCUT2D eigenvalue weighted by Gasteiger charge is -2.61. The summed E-state index contributed by atoms with van der Waals surface area (Å²) in [6, 6.07) is 0. The summed E-state index contributed by atoms with van der Waals surface area (Å²) in [5, 5.41) is 0. The first-order valence-corrected chi connectivity index (χ1v) is 14.0. The highest BCUT2D eigenvalue weighted by Gasteiger charge is 2.65. The zero-order chi connectivity index (χ0) is 22.8. The third-order valence-corrected chi connectivity index (χ3v) is 11.6. The summed E-state index contributed by atoms with van der Waals surface area (Å²) in [6.45, 7) is 14.0. The molecule has 3 nitrogen and oxygen atoms in total. The van der Waals surface area contributed by atoms with Crippen LogP contribution in [0, 0.1) is 52.3 Å². The Morgan fingerprint density at radius 1 is 1.03 bits per heavy atom. The molecule has 1 heterocycles. The molecule has 0 spiro atoms. The lowest BCUT2D eigenvalue weighted by molar-refractivity contribution is -0.160. The van der Waals surface area contributed by atoms with Crippen molar-refractivity contribution >= 4 is 5.97 Å². The molecule has 0 amide bonds. The Morgan fingerprint density at radius 2 is 1.78 bits per heavy atom. The van der Waals surface area contributed by atoms with Crippen LogP contribution in [0.1, 0.15) is 106 Å². The summed E-state index contributed by atoms with van der Waals surface area (Å²) < 4.78 is 12.5. The van der Waals surface area contributed by atoms with Crippen molar-refractivity contribution < 1.29 is 14.3 Å². The second kappa shape index (κ2) is 8.28. The molecule has 4 saturated carbocycles. The molecule has 0 N–H and O–H groups in total. The molecule has 5 aliphatic rings. The highest BCUT2D eigenvalue weighted by Crippen LogP contribution is 2.70. The molecule has 32 heavy (non-hydrogen) atoms. The number of carbonyl (C=O) groups excluding carboxylic acids is 1. The van der Waals surface area contributed by atoms with Gasteiger partial charge in [-0.1, -0.05) is 34.6 Å². The lowest BCUT2D eigenvalue weighted by Crippen LogP contribution is -2.54. The first-order valence-electron chi connectivity index (χ1n) is 14.0. The van der Waals surface area contributed by atoms with Crippen LogP contribution in [-0.2, 0) is 14.3 Å². The van der Waals surface area contributed by atoms with Gasteiger partial charge in [-0.25, -0.2) is 0 Å². The number of hydrogen-bond acceptors (Lipinski definition) is 3. The number of esters is 1.